The van der Waals surface area contributed by atoms with Crippen molar-refractivity contribution in [3.63, 3.8) is 0 Å². The second kappa shape index (κ2) is 6.78. The fourth-order valence-electron chi connectivity index (χ4n) is 1.49. The van der Waals surface area contributed by atoms with Crippen molar-refractivity contribution in [2.75, 3.05) is 0 Å². The maximum absolute atomic E-state index is 7.85. The summed E-state index contributed by atoms with van der Waals surface area (Å²) in [6.07, 6.45) is 0. The zero-order valence-corrected chi connectivity index (χ0v) is 13.1. The Kier molecular flexibility index (Phi) is 5.06. The van der Waals surface area contributed by atoms with Gasteiger partial charge in [0.25, 0.3) is 8.17 Å². The first kappa shape index (κ1) is 14.2. The van der Waals surface area contributed by atoms with E-state index in [0.29, 0.717) is 11.5 Å². The Morgan fingerprint density at radius 1 is 0.947 bits per heavy atom. The SMILES string of the molecule is Cc1ccc(O[PH](=N)Oc2ccc(CBr)cc2)cc1. The van der Waals surface area contributed by atoms with Crippen molar-refractivity contribution in [3.05, 3.63) is 59.7 Å². The molecule has 2 rings (SSSR count). The van der Waals surface area contributed by atoms with Crippen LogP contribution in [-0.4, -0.2) is 0 Å². The standard InChI is InChI=1S/C14H15BrNO2P/c1-11-2-6-13(7-3-11)17-19(16)18-14-8-4-12(10-15)5-9-14/h2-9,16,19H,10H2,1H3. The van der Waals surface area contributed by atoms with E-state index >= 15 is 0 Å². The van der Waals surface area contributed by atoms with Crippen molar-refractivity contribution in [2.24, 2.45) is 0 Å². The minimum absolute atomic E-state index is 0.667. The van der Waals surface area contributed by atoms with Crippen LogP contribution in [0.25, 0.3) is 0 Å². The van der Waals surface area contributed by atoms with E-state index in [9.17, 15) is 0 Å². The molecule has 0 spiro atoms. The van der Waals surface area contributed by atoms with E-state index < -0.39 is 8.17 Å². The van der Waals surface area contributed by atoms with Gasteiger partial charge < -0.3 is 9.05 Å². The molecular weight excluding hydrogens is 325 g/mol. The van der Waals surface area contributed by atoms with Crippen molar-refractivity contribution >= 4 is 24.1 Å². The van der Waals surface area contributed by atoms with E-state index in [4.69, 9.17) is 14.2 Å². The molecule has 0 aliphatic rings. The average molecular weight is 340 g/mol. The number of nitrogens with one attached hydrogen (secondary N) is 1. The van der Waals surface area contributed by atoms with E-state index in [1.54, 1.807) is 0 Å². The molecule has 0 aliphatic heterocycles. The van der Waals surface area contributed by atoms with Crippen molar-refractivity contribution in [1.82, 2.24) is 0 Å². The quantitative estimate of drug-likeness (QED) is 0.604. The molecule has 1 unspecified atom stereocenters. The largest absolute Gasteiger partial charge is 0.432 e. The van der Waals surface area contributed by atoms with Crippen LogP contribution in [0.3, 0.4) is 0 Å². The Morgan fingerprint density at radius 2 is 1.42 bits per heavy atom. The average Bonchev–Trinajstić information content (AvgIpc) is 2.42. The van der Waals surface area contributed by atoms with E-state index in [1.807, 2.05) is 55.5 Å². The molecular formula is C14H15BrNO2P. The van der Waals surface area contributed by atoms with Gasteiger partial charge in [-0.25, -0.2) is 0 Å². The Morgan fingerprint density at radius 3 is 1.89 bits per heavy atom. The molecule has 0 radical (unpaired) electrons. The van der Waals surface area contributed by atoms with Gasteiger partial charge in [0, 0.05) is 5.33 Å². The summed E-state index contributed by atoms with van der Waals surface area (Å²) in [6.45, 7) is 2.01. The summed E-state index contributed by atoms with van der Waals surface area (Å²) in [5, 5.41) is 8.66. The maximum Gasteiger partial charge on any atom is 0.299 e. The minimum Gasteiger partial charge on any atom is -0.432 e. The van der Waals surface area contributed by atoms with Gasteiger partial charge in [-0.2, -0.15) is 0 Å². The first-order valence-corrected chi connectivity index (χ1v) is 8.27. The van der Waals surface area contributed by atoms with Crippen molar-refractivity contribution in [1.29, 1.82) is 5.16 Å². The van der Waals surface area contributed by atoms with Crippen LogP contribution in [0.1, 0.15) is 11.1 Å². The second-order valence-corrected chi connectivity index (χ2v) is 5.63. The Labute approximate surface area is 122 Å². The lowest BCUT2D eigenvalue weighted by atomic mass is 10.2. The van der Waals surface area contributed by atoms with Crippen molar-refractivity contribution in [2.45, 2.75) is 12.3 Å². The summed E-state index contributed by atoms with van der Waals surface area (Å²) in [5.41, 5.74) is 2.34. The molecule has 1 N–H and O–H groups in total. The molecule has 0 saturated carbocycles. The molecule has 19 heavy (non-hydrogen) atoms. The first-order chi connectivity index (χ1) is 9.17. The van der Waals surface area contributed by atoms with Crippen LogP contribution in [-0.2, 0) is 5.33 Å². The monoisotopic (exact) mass is 339 g/mol. The Balaban J connectivity index is 1.95. The Bertz CT molecular complexity index is 555. The van der Waals surface area contributed by atoms with Gasteiger partial charge in [-0.15, -0.1) is 0 Å². The summed E-state index contributed by atoms with van der Waals surface area (Å²) >= 11 is 3.39. The molecule has 100 valence electrons. The molecule has 0 bridgehead atoms. The predicted octanol–water partition coefficient (Wildman–Crippen LogP) is 5.15. The lowest BCUT2D eigenvalue weighted by molar-refractivity contribution is 0.499. The van der Waals surface area contributed by atoms with Crippen LogP contribution in [0.15, 0.2) is 48.5 Å². The highest BCUT2D eigenvalue weighted by atomic mass is 79.9. The lowest BCUT2D eigenvalue weighted by Gasteiger charge is -2.11. The molecule has 1 atom stereocenters. The number of hydrogen-bond donors (Lipinski definition) is 1. The van der Waals surface area contributed by atoms with Gasteiger partial charge in [0.05, 0.1) is 0 Å². The normalized spacial score (nSPS) is 11.9. The number of halogens is 1. The predicted molar refractivity (Wildman–Crippen MR) is 82.5 cm³/mol. The summed E-state index contributed by atoms with van der Waals surface area (Å²) in [7, 11) is -2.09. The van der Waals surface area contributed by atoms with Crippen LogP contribution < -0.4 is 9.05 Å². The topological polar surface area (TPSA) is 42.3 Å². The molecule has 2 aromatic carbocycles. The maximum atomic E-state index is 7.85. The van der Waals surface area contributed by atoms with E-state index in [2.05, 4.69) is 15.9 Å². The molecule has 2 aromatic rings. The van der Waals surface area contributed by atoms with E-state index in [0.717, 1.165) is 10.9 Å². The van der Waals surface area contributed by atoms with Crippen LogP contribution >= 0.6 is 24.1 Å². The van der Waals surface area contributed by atoms with Crippen LogP contribution in [0.5, 0.6) is 11.5 Å². The molecule has 5 heteroatoms. The number of rotatable bonds is 5. The van der Waals surface area contributed by atoms with Gasteiger partial charge in [-0.1, -0.05) is 45.8 Å². The van der Waals surface area contributed by atoms with Gasteiger partial charge in [-0.05, 0) is 36.8 Å². The van der Waals surface area contributed by atoms with Gasteiger partial charge in [0.15, 0.2) is 0 Å². The second-order valence-electron chi connectivity index (χ2n) is 4.08. The first-order valence-electron chi connectivity index (χ1n) is 5.83. The molecule has 0 heterocycles. The van der Waals surface area contributed by atoms with Crippen molar-refractivity contribution in [3.8, 4) is 11.5 Å². The Hall–Kier alpha value is -1.25. The van der Waals surface area contributed by atoms with Crippen LogP contribution in [0.4, 0.5) is 0 Å². The summed E-state index contributed by atoms with van der Waals surface area (Å²) in [4.78, 5) is 0. The highest BCUT2D eigenvalue weighted by molar-refractivity contribution is 9.08. The molecule has 0 saturated heterocycles. The zero-order valence-electron chi connectivity index (χ0n) is 10.5. The zero-order chi connectivity index (χ0) is 13.7. The molecule has 3 nitrogen and oxygen atoms in total. The molecule has 0 fully saturated rings. The molecule has 0 aromatic heterocycles. The summed E-state index contributed by atoms with van der Waals surface area (Å²) < 4.78 is 10.9. The van der Waals surface area contributed by atoms with Gasteiger partial charge >= 0.3 is 0 Å². The lowest BCUT2D eigenvalue weighted by Crippen LogP contribution is -1.89. The summed E-state index contributed by atoms with van der Waals surface area (Å²) in [5.74, 6) is 1.34. The number of benzene rings is 2. The van der Waals surface area contributed by atoms with Crippen LogP contribution in [0.2, 0.25) is 0 Å². The number of alkyl halides is 1. The van der Waals surface area contributed by atoms with Gasteiger partial charge in [0.2, 0.25) is 0 Å². The van der Waals surface area contributed by atoms with Gasteiger partial charge in [0.1, 0.15) is 11.5 Å². The molecule has 0 amide bonds. The fourth-order valence-corrected chi connectivity index (χ4v) is 2.60. The molecule has 0 aliphatic carbocycles. The fraction of sp³-hybridized carbons (Fsp3) is 0.143. The highest BCUT2D eigenvalue weighted by Gasteiger charge is 2.01. The third-order valence-electron chi connectivity index (χ3n) is 2.52. The third-order valence-corrected chi connectivity index (χ3v) is 4.01. The van der Waals surface area contributed by atoms with Gasteiger partial charge in [-0.3, -0.25) is 5.16 Å². The van der Waals surface area contributed by atoms with Crippen LogP contribution in [0, 0.1) is 12.1 Å². The highest BCUT2D eigenvalue weighted by Crippen LogP contribution is 2.31. The van der Waals surface area contributed by atoms with E-state index in [-0.39, 0.29) is 0 Å². The third kappa shape index (κ3) is 4.41. The summed E-state index contributed by atoms with van der Waals surface area (Å²) in [6, 6.07) is 15.3. The number of hydrogen-bond acceptors (Lipinski definition) is 3. The number of aryl methyl sites for hydroxylation is 1. The smallest absolute Gasteiger partial charge is 0.299 e. The van der Waals surface area contributed by atoms with E-state index in [1.165, 1.54) is 5.56 Å². The van der Waals surface area contributed by atoms with Crippen molar-refractivity contribution < 1.29 is 9.05 Å². The minimum atomic E-state index is -2.09.